The Labute approximate surface area is 298 Å². The van der Waals surface area contributed by atoms with E-state index in [2.05, 4.69) is 77.4 Å². The van der Waals surface area contributed by atoms with Gasteiger partial charge in [-0.05, 0) is 96.1 Å². The van der Waals surface area contributed by atoms with Crippen LogP contribution in [-0.2, 0) is 0 Å². The first-order valence-corrected chi connectivity index (χ1v) is 16.8. The molecule has 9 rings (SSSR count). The van der Waals surface area contributed by atoms with Crippen molar-refractivity contribution in [2.45, 2.75) is 0 Å². The average Bonchev–Trinajstić information content (AvgIpc) is 3.96. The third-order valence-electron chi connectivity index (χ3n) is 9.27. The summed E-state index contributed by atoms with van der Waals surface area (Å²) in [5, 5.41) is 22.0. The third-order valence-corrected chi connectivity index (χ3v) is 9.27. The maximum Gasteiger partial charge on any atom is 0.312 e. The molecule has 8 bridgehead atoms. The second-order valence-electron chi connectivity index (χ2n) is 12.5. The lowest BCUT2D eigenvalue weighted by atomic mass is 9.96. The minimum absolute atomic E-state index is 0.375. The van der Waals surface area contributed by atoms with Crippen LogP contribution in [0.2, 0.25) is 0 Å². The van der Waals surface area contributed by atoms with E-state index in [1.807, 2.05) is 83.5 Å². The molecular weight excluding hydrogens is 647 g/mol. The largest absolute Gasteiger partial charge is 0.502 e. The van der Waals surface area contributed by atoms with Crippen LogP contribution < -0.4 is 0 Å². The predicted molar refractivity (Wildman–Crippen MR) is 208 cm³/mol. The second-order valence-corrected chi connectivity index (χ2v) is 12.5. The van der Waals surface area contributed by atoms with Gasteiger partial charge in [-0.2, -0.15) is 0 Å². The zero-order valence-corrected chi connectivity index (χ0v) is 27.7. The number of rotatable bonds is 5. The summed E-state index contributed by atoms with van der Waals surface area (Å²) in [5.41, 5.74) is 11.9. The maximum atomic E-state index is 11.8. The monoisotopic (exact) mass is 675 g/mol. The molecule has 0 radical (unpaired) electrons. The molecule has 1 N–H and O–H groups in total. The summed E-state index contributed by atoms with van der Waals surface area (Å²) in [5.74, 6) is -0.394. The standard InChI is InChI=1S/C44H29N5O3/c50-42-23-22-38(28-39(42)49(51)52)47-36-20-21-37(47)25-32-17-19-34(46-32)27-41-44(30-12-6-2-7-13-30)43(29-10-4-1-5-11-29)40(26-33-18-16-31(24-36)45-33)48(41)35-14-8-3-9-15-35/h1-28,50H. The molecule has 0 amide bonds. The Hall–Kier alpha value is -7.32. The lowest BCUT2D eigenvalue weighted by Crippen LogP contribution is -1.96. The van der Waals surface area contributed by atoms with Crippen molar-refractivity contribution < 1.29 is 10.0 Å². The molecule has 2 aliphatic rings. The number of nitro groups is 1. The Balaban J connectivity index is 1.45. The molecule has 0 atom stereocenters. The first-order valence-electron chi connectivity index (χ1n) is 16.8. The molecule has 8 heteroatoms. The summed E-state index contributed by atoms with van der Waals surface area (Å²) in [4.78, 5) is 21.3. The van der Waals surface area contributed by atoms with E-state index >= 15 is 0 Å². The molecule has 0 spiro atoms. The summed E-state index contributed by atoms with van der Waals surface area (Å²) in [7, 11) is 0. The molecule has 0 fully saturated rings. The number of fused-ring (bicyclic) bond motifs is 8. The van der Waals surface area contributed by atoms with E-state index in [1.54, 1.807) is 6.07 Å². The maximum absolute atomic E-state index is 11.8. The number of nitro benzene ring substituents is 1. The molecule has 2 aliphatic heterocycles. The van der Waals surface area contributed by atoms with Gasteiger partial charge in [0, 0.05) is 33.9 Å². The van der Waals surface area contributed by atoms with Crippen molar-refractivity contribution >= 4 is 52.1 Å². The Kier molecular flexibility index (Phi) is 7.40. The van der Waals surface area contributed by atoms with Gasteiger partial charge in [0.25, 0.3) is 0 Å². The zero-order valence-electron chi connectivity index (χ0n) is 27.7. The van der Waals surface area contributed by atoms with Gasteiger partial charge in [-0.1, -0.05) is 78.9 Å². The number of benzene rings is 4. The number of nitrogens with zero attached hydrogens (tertiary/aromatic N) is 5. The van der Waals surface area contributed by atoms with Crippen molar-refractivity contribution in [2.75, 3.05) is 0 Å². The molecule has 0 saturated heterocycles. The smallest absolute Gasteiger partial charge is 0.312 e. The SMILES string of the molecule is O=[N+]([O-])c1cc(-n2c3ccc2cc2nc(cc4c(-c5ccccc5)c(-c5ccccc5)c(cc5nc(c3)C=C5)n4-c3ccccc3)C=C2)ccc1O. The number of hydrogen-bond donors (Lipinski definition) is 1. The number of para-hydroxylation sites is 1. The van der Waals surface area contributed by atoms with Gasteiger partial charge in [-0.25, -0.2) is 9.97 Å². The first-order chi connectivity index (χ1) is 25.5. The normalized spacial score (nSPS) is 11.9. The summed E-state index contributed by atoms with van der Waals surface area (Å²) in [6, 6.07) is 47.7. The number of phenolic OH excluding ortho intramolecular Hbond substituents is 1. The summed E-state index contributed by atoms with van der Waals surface area (Å²) >= 11 is 0. The molecule has 248 valence electrons. The second kappa shape index (κ2) is 12.5. The highest BCUT2D eigenvalue weighted by atomic mass is 16.6. The highest BCUT2D eigenvalue weighted by Gasteiger charge is 2.22. The molecule has 7 aromatic rings. The molecule has 4 aromatic carbocycles. The van der Waals surface area contributed by atoms with Gasteiger partial charge in [-0.3, -0.25) is 10.1 Å². The van der Waals surface area contributed by atoms with Gasteiger partial charge in [0.2, 0.25) is 0 Å². The topological polar surface area (TPSA) is 99.0 Å². The highest BCUT2D eigenvalue weighted by molar-refractivity contribution is 6.05. The fraction of sp³-hybridized carbons (Fsp3) is 0. The third kappa shape index (κ3) is 5.45. The van der Waals surface area contributed by atoms with E-state index in [0.717, 1.165) is 72.8 Å². The van der Waals surface area contributed by atoms with Gasteiger partial charge >= 0.3 is 5.69 Å². The molecule has 3 aromatic heterocycles. The lowest BCUT2D eigenvalue weighted by Gasteiger charge is -2.08. The van der Waals surface area contributed by atoms with Crippen molar-refractivity contribution in [1.29, 1.82) is 0 Å². The van der Waals surface area contributed by atoms with Crippen LogP contribution in [0.25, 0.3) is 80.0 Å². The first kappa shape index (κ1) is 30.7. The van der Waals surface area contributed by atoms with Gasteiger partial charge in [-0.15, -0.1) is 0 Å². The van der Waals surface area contributed by atoms with Crippen LogP contribution in [0, 0.1) is 10.1 Å². The minimum Gasteiger partial charge on any atom is -0.502 e. The summed E-state index contributed by atoms with van der Waals surface area (Å²) in [6.07, 6.45) is 7.95. The molecule has 52 heavy (non-hydrogen) atoms. The number of aromatic nitrogens is 4. The Bertz CT molecular complexity index is 2630. The number of phenols is 1. The molecule has 0 unspecified atom stereocenters. The highest BCUT2D eigenvalue weighted by Crippen LogP contribution is 2.43. The van der Waals surface area contributed by atoms with Crippen molar-refractivity contribution in [3.63, 3.8) is 0 Å². The fourth-order valence-corrected chi connectivity index (χ4v) is 7.02. The van der Waals surface area contributed by atoms with Crippen LogP contribution in [-0.4, -0.2) is 29.1 Å². The van der Waals surface area contributed by atoms with Crippen molar-refractivity contribution in [2.24, 2.45) is 0 Å². The Morgan fingerprint density at radius 3 is 1.44 bits per heavy atom. The van der Waals surface area contributed by atoms with Crippen LogP contribution in [0.15, 0.2) is 146 Å². The van der Waals surface area contributed by atoms with E-state index in [-0.39, 0.29) is 5.69 Å². The zero-order chi connectivity index (χ0) is 35.2. The molecule has 0 aliphatic carbocycles. The molecule has 0 saturated carbocycles. The Morgan fingerprint density at radius 1 is 0.500 bits per heavy atom. The summed E-state index contributed by atoms with van der Waals surface area (Å²) in [6.45, 7) is 0. The van der Waals surface area contributed by atoms with E-state index in [9.17, 15) is 15.2 Å². The van der Waals surface area contributed by atoms with Crippen molar-refractivity contribution in [3.05, 3.63) is 178 Å². The predicted octanol–water partition coefficient (Wildman–Crippen LogP) is 10.5. The van der Waals surface area contributed by atoms with Crippen molar-refractivity contribution in [1.82, 2.24) is 19.1 Å². The van der Waals surface area contributed by atoms with Gasteiger partial charge < -0.3 is 14.2 Å². The van der Waals surface area contributed by atoms with E-state index in [4.69, 9.17) is 9.97 Å². The average molecular weight is 676 g/mol. The molecular formula is C44H29N5O3. The van der Waals surface area contributed by atoms with Crippen molar-refractivity contribution in [3.8, 4) is 39.4 Å². The summed E-state index contributed by atoms with van der Waals surface area (Å²) < 4.78 is 4.20. The number of aromatic hydroxyl groups is 1. The Morgan fingerprint density at radius 2 is 0.962 bits per heavy atom. The van der Waals surface area contributed by atoms with Crippen LogP contribution in [0.1, 0.15) is 22.8 Å². The van der Waals surface area contributed by atoms with Gasteiger partial charge in [0.15, 0.2) is 5.75 Å². The minimum atomic E-state index is -0.584. The fourth-order valence-electron chi connectivity index (χ4n) is 7.02. The van der Waals surface area contributed by atoms with Gasteiger partial charge in [0.05, 0.1) is 44.4 Å². The van der Waals surface area contributed by atoms with E-state index < -0.39 is 10.7 Å². The number of hydrogen-bond acceptors (Lipinski definition) is 5. The molecule has 8 nitrogen and oxygen atoms in total. The van der Waals surface area contributed by atoms with E-state index in [0.29, 0.717) is 5.69 Å². The van der Waals surface area contributed by atoms with Crippen LogP contribution in [0.4, 0.5) is 5.69 Å². The van der Waals surface area contributed by atoms with Crippen LogP contribution >= 0.6 is 0 Å². The van der Waals surface area contributed by atoms with Crippen LogP contribution in [0.3, 0.4) is 0 Å². The van der Waals surface area contributed by atoms with Crippen LogP contribution in [0.5, 0.6) is 5.75 Å². The quantitative estimate of drug-likeness (QED) is 0.145. The van der Waals surface area contributed by atoms with Gasteiger partial charge in [0.1, 0.15) is 0 Å². The molecule has 5 heterocycles. The lowest BCUT2D eigenvalue weighted by molar-refractivity contribution is -0.385. The van der Waals surface area contributed by atoms with E-state index in [1.165, 1.54) is 12.1 Å².